The lowest BCUT2D eigenvalue weighted by Crippen LogP contribution is -2.37. The number of Topliss-reactive ketones (excluding diaryl/α,β-unsaturated/α-hetero) is 1. The van der Waals surface area contributed by atoms with E-state index in [0.29, 0.717) is 12.3 Å². The normalized spacial score (nSPS) is 11.8. The van der Waals surface area contributed by atoms with E-state index in [1.54, 1.807) is 26.8 Å². The third-order valence-corrected chi connectivity index (χ3v) is 8.16. The maximum Gasteiger partial charge on any atom is 0.338 e. The van der Waals surface area contributed by atoms with Gasteiger partial charge in [0.25, 0.3) is 5.91 Å². The SMILES string of the molecule is CCCCCCCCCCCCOC(=O)c1ccc(Cl)c(NC(=O)C(=Nc2ccc(N(CC)CC)cc2C)C(=O)C(C)(C)C)c1. The van der Waals surface area contributed by atoms with Gasteiger partial charge in [-0.05, 0) is 69.2 Å². The van der Waals surface area contributed by atoms with E-state index < -0.39 is 23.1 Å². The van der Waals surface area contributed by atoms with Gasteiger partial charge in [0.1, 0.15) is 0 Å². The Bertz CT molecular complexity index is 1300. The predicted octanol–water partition coefficient (Wildman–Crippen LogP) is 9.90. The number of nitrogens with zero attached hydrogens (tertiary/aromatic N) is 2. The van der Waals surface area contributed by atoms with Crippen molar-refractivity contribution in [2.45, 2.75) is 113 Å². The molecule has 0 spiro atoms. The fraction of sp³-hybridized carbons (Fsp3) is 0.568. The average molecular weight is 640 g/mol. The quantitative estimate of drug-likeness (QED) is 0.0715. The second-order valence-electron chi connectivity index (χ2n) is 12.6. The van der Waals surface area contributed by atoms with Crippen LogP contribution in [0.25, 0.3) is 0 Å². The molecular formula is C37H54ClN3O4. The monoisotopic (exact) mass is 639 g/mol. The Balaban J connectivity index is 2.09. The number of aryl methyl sites for hydroxylation is 1. The molecule has 248 valence electrons. The molecular weight excluding hydrogens is 586 g/mol. The largest absolute Gasteiger partial charge is 0.462 e. The van der Waals surface area contributed by atoms with E-state index in [2.05, 4.69) is 36.0 Å². The number of unbranched alkanes of at least 4 members (excludes halogenated alkanes) is 9. The standard InChI is InChI=1S/C37H54ClN3O4/c1-8-11-12-13-14-15-16-17-18-19-24-45-36(44)28-20-22-30(38)32(26-28)40-35(43)33(34(42)37(5,6)7)39-31-23-21-29(25-27(31)4)41(9-2)10-3/h20-23,25-26H,8-19,24H2,1-7H3,(H,40,43). The Hall–Kier alpha value is -3.19. The smallest absolute Gasteiger partial charge is 0.338 e. The maximum atomic E-state index is 13.6. The van der Waals surface area contributed by atoms with Gasteiger partial charge in [-0.3, -0.25) is 9.59 Å². The van der Waals surface area contributed by atoms with E-state index in [-0.39, 0.29) is 22.0 Å². The van der Waals surface area contributed by atoms with Crippen LogP contribution < -0.4 is 10.2 Å². The molecule has 45 heavy (non-hydrogen) atoms. The summed E-state index contributed by atoms with van der Waals surface area (Å²) in [6, 6.07) is 10.3. The first kappa shape index (κ1) is 38.0. The molecule has 0 radical (unpaired) electrons. The highest BCUT2D eigenvalue weighted by atomic mass is 35.5. The average Bonchev–Trinajstić information content (AvgIpc) is 3.00. The van der Waals surface area contributed by atoms with Gasteiger partial charge in [0.05, 0.1) is 28.6 Å². The zero-order chi connectivity index (χ0) is 33.4. The molecule has 1 amide bonds. The van der Waals surface area contributed by atoms with Crippen LogP contribution in [-0.2, 0) is 14.3 Å². The van der Waals surface area contributed by atoms with Gasteiger partial charge in [-0.25, -0.2) is 9.79 Å². The first-order chi connectivity index (χ1) is 21.4. The highest BCUT2D eigenvalue weighted by Crippen LogP contribution is 2.28. The zero-order valence-electron chi connectivity index (χ0n) is 28.6. The molecule has 0 bridgehead atoms. The lowest BCUT2D eigenvalue weighted by molar-refractivity contribution is -0.121. The van der Waals surface area contributed by atoms with Crippen LogP contribution in [0.4, 0.5) is 17.1 Å². The van der Waals surface area contributed by atoms with E-state index in [4.69, 9.17) is 16.3 Å². The fourth-order valence-corrected chi connectivity index (χ4v) is 5.16. The first-order valence-electron chi connectivity index (χ1n) is 16.7. The Labute approximate surface area is 276 Å². The molecule has 0 saturated heterocycles. The third kappa shape index (κ3) is 12.6. The van der Waals surface area contributed by atoms with Gasteiger partial charge in [-0.1, -0.05) is 97.1 Å². The number of esters is 1. The number of hydrogen-bond donors (Lipinski definition) is 1. The van der Waals surface area contributed by atoms with Crippen molar-refractivity contribution in [2.24, 2.45) is 10.4 Å². The summed E-state index contributed by atoms with van der Waals surface area (Å²) in [6.07, 6.45) is 12.0. The van der Waals surface area contributed by atoms with E-state index in [1.165, 1.54) is 57.1 Å². The molecule has 2 aromatic carbocycles. The fourth-order valence-electron chi connectivity index (χ4n) is 5.00. The molecule has 0 fully saturated rings. The molecule has 8 heteroatoms. The topological polar surface area (TPSA) is 88.1 Å². The van der Waals surface area contributed by atoms with Crippen LogP contribution in [0.15, 0.2) is 41.4 Å². The van der Waals surface area contributed by atoms with Crippen molar-refractivity contribution in [3.05, 3.63) is 52.5 Å². The van der Waals surface area contributed by atoms with Crippen LogP contribution in [-0.4, -0.2) is 43.1 Å². The number of halogens is 1. The molecule has 0 aliphatic rings. The molecule has 0 aliphatic carbocycles. The Morgan fingerprint density at radius 3 is 2.00 bits per heavy atom. The van der Waals surface area contributed by atoms with E-state index in [9.17, 15) is 14.4 Å². The van der Waals surface area contributed by atoms with Gasteiger partial charge in [-0.15, -0.1) is 0 Å². The van der Waals surface area contributed by atoms with Crippen LogP contribution in [0, 0.1) is 12.3 Å². The number of ketones is 1. The lowest BCUT2D eigenvalue weighted by Gasteiger charge is -2.22. The first-order valence-corrected chi connectivity index (χ1v) is 17.1. The summed E-state index contributed by atoms with van der Waals surface area (Å²) in [7, 11) is 0. The van der Waals surface area contributed by atoms with Crippen molar-refractivity contribution < 1.29 is 19.1 Å². The summed E-state index contributed by atoms with van der Waals surface area (Å²) in [6.45, 7) is 15.6. The van der Waals surface area contributed by atoms with Gasteiger partial charge < -0.3 is 15.0 Å². The lowest BCUT2D eigenvalue weighted by atomic mass is 9.87. The molecule has 1 N–H and O–H groups in total. The summed E-state index contributed by atoms with van der Waals surface area (Å²) in [5.74, 6) is -1.59. The minimum absolute atomic E-state index is 0.207. The van der Waals surface area contributed by atoms with Gasteiger partial charge in [0.2, 0.25) is 0 Å². The number of aliphatic imine (C=N–C) groups is 1. The second-order valence-corrected chi connectivity index (χ2v) is 13.1. The molecule has 0 heterocycles. The summed E-state index contributed by atoms with van der Waals surface area (Å²) >= 11 is 6.41. The van der Waals surface area contributed by atoms with Gasteiger partial charge >= 0.3 is 5.97 Å². The highest BCUT2D eigenvalue weighted by molar-refractivity contribution is 6.68. The van der Waals surface area contributed by atoms with Gasteiger partial charge in [0, 0.05) is 24.2 Å². The van der Waals surface area contributed by atoms with Gasteiger partial charge in [0.15, 0.2) is 11.5 Å². The third-order valence-electron chi connectivity index (χ3n) is 7.83. The number of carbonyl (C=O) groups is 3. The van der Waals surface area contributed by atoms with Crippen molar-refractivity contribution in [1.82, 2.24) is 0 Å². The van der Waals surface area contributed by atoms with Crippen LogP contribution >= 0.6 is 11.6 Å². The Morgan fingerprint density at radius 2 is 1.44 bits per heavy atom. The summed E-state index contributed by atoms with van der Waals surface area (Å²) in [5, 5.41) is 2.95. The van der Waals surface area contributed by atoms with Gasteiger partial charge in [-0.2, -0.15) is 0 Å². The number of anilines is 2. The van der Waals surface area contributed by atoms with Crippen LogP contribution in [0.5, 0.6) is 0 Å². The highest BCUT2D eigenvalue weighted by Gasteiger charge is 2.31. The number of carbonyl (C=O) groups excluding carboxylic acids is 3. The number of rotatable bonds is 19. The summed E-state index contributed by atoms with van der Waals surface area (Å²) in [5.41, 5.74) is 1.82. The van der Waals surface area contributed by atoms with E-state index >= 15 is 0 Å². The van der Waals surface area contributed by atoms with Crippen LogP contribution in [0.2, 0.25) is 5.02 Å². The predicted molar refractivity (Wildman–Crippen MR) is 189 cm³/mol. The summed E-state index contributed by atoms with van der Waals surface area (Å²) < 4.78 is 5.49. The van der Waals surface area contributed by atoms with Crippen molar-refractivity contribution >= 4 is 52.0 Å². The second kappa shape index (κ2) is 19.4. The number of nitrogens with one attached hydrogen (secondary N) is 1. The number of ether oxygens (including phenoxy) is 1. The molecule has 0 saturated carbocycles. The van der Waals surface area contributed by atoms with E-state index in [1.807, 2.05) is 25.1 Å². The van der Waals surface area contributed by atoms with Crippen molar-refractivity contribution in [3.8, 4) is 0 Å². The zero-order valence-corrected chi connectivity index (χ0v) is 29.3. The Kier molecular flexibility index (Phi) is 16.3. The van der Waals surface area contributed by atoms with E-state index in [0.717, 1.165) is 43.6 Å². The van der Waals surface area contributed by atoms with Crippen LogP contribution in [0.1, 0.15) is 122 Å². The van der Waals surface area contributed by atoms with Crippen LogP contribution in [0.3, 0.4) is 0 Å². The minimum atomic E-state index is -0.852. The van der Waals surface area contributed by atoms with Crippen molar-refractivity contribution in [2.75, 3.05) is 29.9 Å². The molecule has 0 aromatic heterocycles. The Morgan fingerprint density at radius 1 is 0.844 bits per heavy atom. The number of amides is 1. The number of benzene rings is 2. The van der Waals surface area contributed by atoms with Crippen molar-refractivity contribution in [3.63, 3.8) is 0 Å². The van der Waals surface area contributed by atoms with Crippen molar-refractivity contribution in [1.29, 1.82) is 0 Å². The molecule has 0 atom stereocenters. The molecule has 2 rings (SSSR count). The molecule has 7 nitrogen and oxygen atoms in total. The molecule has 0 aliphatic heterocycles. The maximum absolute atomic E-state index is 13.6. The number of hydrogen-bond acceptors (Lipinski definition) is 6. The minimum Gasteiger partial charge on any atom is -0.462 e. The summed E-state index contributed by atoms with van der Waals surface area (Å²) in [4.78, 5) is 46.5. The molecule has 0 unspecified atom stereocenters. The molecule has 2 aromatic rings.